The number of hydrogen-bond acceptors (Lipinski definition) is 4. The number of amides is 1. The summed E-state index contributed by atoms with van der Waals surface area (Å²) in [7, 11) is 0. The number of nitrogens with one attached hydrogen (secondary N) is 1. The molecule has 1 amide bonds. The molecular weight excluding hydrogens is 338 g/mol. The predicted molar refractivity (Wildman–Crippen MR) is 107 cm³/mol. The molecule has 0 bridgehead atoms. The van der Waals surface area contributed by atoms with Gasteiger partial charge in [0.15, 0.2) is 0 Å². The second kappa shape index (κ2) is 8.16. The zero-order chi connectivity index (χ0) is 19.4. The van der Waals surface area contributed by atoms with Gasteiger partial charge in [-0.2, -0.15) is 0 Å². The molecule has 0 fully saturated rings. The van der Waals surface area contributed by atoms with Gasteiger partial charge in [-0.15, -0.1) is 0 Å². The van der Waals surface area contributed by atoms with Gasteiger partial charge in [0.1, 0.15) is 0 Å². The number of carbonyl (C=O) groups excluding carboxylic acids is 1. The summed E-state index contributed by atoms with van der Waals surface area (Å²) in [5, 5.41) is 3.90. The molecule has 5 heteroatoms. The van der Waals surface area contributed by atoms with Gasteiger partial charge in [0.2, 0.25) is 5.88 Å². The van der Waals surface area contributed by atoms with E-state index in [9.17, 15) is 4.79 Å². The summed E-state index contributed by atoms with van der Waals surface area (Å²) >= 11 is 0. The molecule has 1 N–H and O–H groups in total. The lowest BCUT2D eigenvalue weighted by Gasteiger charge is -2.15. The van der Waals surface area contributed by atoms with Crippen LogP contribution in [0.1, 0.15) is 48.0 Å². The van der Waals surface area contributed by atoms with E-state index in [1.54, 1.807) is 6.20 Å². The number of hydrogen-bond donors (Lipinski definition) is 1. The standard InChI is InChI=1S/C22H25N3O2/c1-5-18-15(4)20(17-10-6-7-11-19(17)25-18)21(26)24-13-16-9-8-12-23-22(16)27-14(2)3/h6-12,14H,5,13H2,1-4H3,(H,24,26). The zero-order valence-corrected chi connectivity index (χ0v) is 16.2. The number of ether oxygens (including phenoxy) is 1. The molecule has 27 heavy (non-hydrogen) atoms. The number of pyridine rings is 2. The van der Waals surface area contributed by atoms with Crippen molar-refractivity contribution < 1.29 is 9.53 Å². The maximum atomic E-state index is 13.1. The Balaban J connectivity index is 1.91. The van der Waals surface area contributed by atoms with Crippen LogP contribution < -0.4 is 10.1 Å². The molecule has 0 aliphatic rings. The lowest BCUT2D eigenvalue weighted by Crippen LogP contribution is -2.25. The number of para-hydroxylation sites is 1. The topological polar surface area (TPSA) is 64.1 Å². The quantitative estimate of drug-likeness (QED) is 0.712. The Bertz CT molecular complexity index is 967. The van der Waals surface area contributed by atoms with E-state index in [0.717, 1.165) is 34.1 Å². The fourth-order valence-corrected chi connectivity index (χ4v) is 3.15. The summed E-state index contributed by atoms with van der Waals surface area (Å²) in [6.45, 7) is 8.28. The van der Waals surface area contributed by atoms with E-state index in [0.29, 0.717) is 18.0 Å². The Hall–Kier alpha value is -2.95. The monoisotopic (exact) mass is 363 g/mol. The highest BCUT2D eigenvalue weighted by atomic mass is 16.5. The number of benzene rings is 1. The first-order valence-corrected chi connectivity index (χ1v) is 9.28. The Morgan fingerprint density at radius 3 is 2.70 bits per heavy atom. The molecule has 5 nitrogen and oxygen atoms in total. The third-order valence-electron chi connectivity index (χ3n) is 4.44. The molecule has 3 aromatic rings. The van der Waals surface area contributed by atoms with E-state index in [-0.39, 0.29) is 12.0 Å². The number of nitrogens with zero attached hydrogens (tertiary/aromatic N) is 2. The highest BCUT2D eigenvalue weighted by Gasteiger charge is 2.18. The van der Waals surface area contributed by atoms with Crippen LogP contribution in [0.5, 0.6) is 5.88 Å². The van der Waals surface area contributed by atoms with E-state index >= 15 is 0 Å². The second-order valence-corrected chi connectivity index (χ2v) is 6.75. The van der Waals surface area contributed by atoms with Crippen molar-refractivity contribution in [3.63, 3.8) is 0 Å². The average molecular weight is 363 g/mol. The van der Waals surface area contributed by atoms with Crippen molar-refractivity contribution in [2.24, 2.45) is 0 Å². The lowest BCUT2D eigenvalue weighted by molar-refractivity contribution is 0.0951. The van der Waals surface area contributed by atoms with Crippen LogP contribution >= 0.6 is 0 Å². The highest BCUT2D eigenvalue weighted by molar-refractivity contribution is 6.07. The number of aryl methyl sites for hydroxylation is 1. The van der Waals surface area contributed by atoms with Crippen LogP contribution in [0.3, 0.4) is 0 Å². The van der Waals surface area contributed by atoms with Gasteiger partial charge >= 0.3 is 0 Å². The van der Waals surface area contributed by atoms with Gasteiger partial charge in [-0.3, -0.25) is 9.78 Å². The van der Waals surface area contributed by atoms with Crippen molar-refractivity contribution in [2.45, 2.75) is 46.8 Å². The first kappa shape index (κ1) is 18.8. The van der Waals surface area contributed by atoms with E-state index < -0.39 is 0 Å². The van der Waals surface area contributed by atoms with Crippen molar-refractivity contribution in [1.82, 2.24) is 15.3 Å². The van der Waals surface area contributed by atoms with Crippen molar-refractivity contribution in [3.05, 3.63) is 65.0 Å². The molecule has 140 valence electrons. The van der Waals surface area contributed by atoms with Crippen molar-refractivity contribution in [1.29, 1.82) is 0 Å². The van der Waals surface area contributed by atoms with Crippen LogP contribution in [0.25, 0.3) is 10.9 Å². The number of rotatable bonds is 6. The third-order valence-corrected chi connectivity index (χ3v) is 4.44. The lowest BCUT2D eigenvalue weighted by atomic mass is 9.99. The molecule has 2 aromatic heterocycles. The van der Waals surface area contributed by atoms with Gasteiger partial charge in [-0.05, 0) is 44.9 Å². The molecule has 0 unspecified atom stereocenters. The van der Waals surface area contributed by atoms with E-state index in [2.05, 4.69) is 17.2 Å². The summed E-state index contributed by atoms with van der Waals surface area (Å²) in [6.07, 6.45) is 2.50. The number of fused-ring (bicyclic) bond motifs is 1. The molecule has 2 heterocycles. The summed E-state index contributed by atoms with van der Waals surface area (Å²) in [4.78, 5) is 22.0. The molecule has 0 atom stereocenters. The summed E-state index contributed by atoms with van der Waals surface area (Å²) < 4.78 is 5.74. The molecule has 0 spiro atoms. The minimum atomic E-state index is -0.111. The Morgan fingerprint density at radius 2 is 1.96 bits per heavy atom. The summed E-state index contributed by atoms with van der Waals surface area (Å²) in [5.74, 6) is 0.443. The van der Waals surface area contributed by atoms with Crippen LogP contribution in [-0.4, -0.2) is 22.0 Å². The molecule has 0 aliphatic carbocycles. The Morgan fingerprint density at radius 1 is 1.19 bits per heavy atom. The average Bonchev–Trinajstić information content (AvgIpc) is 2.66. The first-order valence-electron chi connectivity index (χ1n) is 9.28. The molecule has 0 radical (unpaired) electrons. The predicted octanol–water partition coefficient (Wildman–Crippen LogP) is 4.22. The second-order valence-electron chi connectivity index (χ2n) is 6.75. The molecule has 0 saturated heterocycles. The maximum absolute atomic E-state index is 13.1. The summed E-state index contributed by atoms with van der Waals surface area (Å²) in [5.41, 5.74) is 4.26. The van der Waals surface area contributed by atoms with Crippen molar-refractivity contribution >= 4 is 16.8 Å². The third kappa shape index (κ3) is 4.08. The number of carbonyl (C=O) groups is 1. The van der Waals surface area contributed by atoms with Gasteiger partial charge < -0.3 is 10.1 Å². The molecule has 3 rings (SSSR count). The maximum Gasteiger partial charge on any atom is 0.252 e. The normalized spacial score (nSPS) is 11.0. The minimum Gasteiger partial charge on any atom is -0.475 e. The molecular formula is C22H25N3O2. The Labute approximate surface area is 159 Å². The van der Waals surface area contributed by atoms with Crippen LogP contribution in [0.4, 0.5) is 0 Å². The fraction of sp³-hybridized carbons (Fsp3) is 0.318. The van der Waals surface area contributed by atoms with Gasteiger partial charge in [0.25, 0.3) is 5.91 Å². The zero-order valence-electron chi connectivity index (χ0n) is 16.2. The smallest absolute Gasteiger partial charge is 0.252 e. The number of aromatic nitrogens is 2. The first-order chi connectivity index (χ1) is 13.0. The van der Waals surface area contributed by atoms with Crippen LogP contribution in [0.2, 0.25) is 0 Å². The van der Waals surface area contributed by atoms with Crippen molar-refractivity contribution in [3.8, 4) is 5.88 Å². The van der Waals surface area contributed by atoms with E-state index in [1.165, 1.54) is 0 Å². The Kier molecular flexibility index (Phi) is 5.69. The molecule has 0 saturated carbocycles. The van der Waals surface area contributed by atoms with E-state index in [4.69, 9.17) is 9.72 Å². The summed E-state index contributed by atoms with van der Waals surface area (Å²) in [6, 6.07) is 11.5. The van der Waals surface area contributed by atoms with Crippen LogP contribution in [-0.2, 0) is 13.0 Å². The highest BCUT2D eigenvalue weighted by Crippen LogP contribution is 2.24. The fourth-order valence-electron chi connectivity index (χ4n) is 3.15. The van der Waals surface area contributed by atoms with Gasteiger partial charge in [-0.1, -0.05) is 31.2 Å². The molecule has 0 aliphatic heterocycles. The minimum absolute atomic E-state index is 0.0212. The van der Waals surface area contributed by atoms with Crippen LogP contribution in [0.15, 0.2) is 42.6 Å². The molecule has 1 aromatic carbocycles. The van der Waals surface area contributed by atoms with Gasteiger partial charge in [0, 0.05) is 29.4 Å². The van der Waals surface area contributed by atoms with E-state index in [1.807, 2.05) is 57.2 Å². The SMILES string of the molecule is CCc1nc2ccccc2c(C(=O)NCc2cccnc2OC(C)C)c1C. The van der Waals surface area contributed by atoms with Crippen molar-refractivity contribution in [2.75, 3.05) is 0 Å². The largest absolute Gasteiger partial charge is 0.475 e. The van der Waals surface area contributed by atoms with Gasteiger partial charge in [0.05, 0.1) is 17.2 Å². The van der Waals surface area contributed by atoms with Gasteiger partial charge in [-0.25, -0.2) is 4.98 Å². The van der Waals surface area contributed by atoms with Crippen LogP contribution in [0, 0.1) is 6.92 Å².